The Bertz CT molecular complexity index is 838. The molecule has 0 aromatic heterocycles. The summed E-state index contributed by atoms with van der Waals surface area (Å²) in [7, 11) is 0. The van der Waals surface area contributed by atoms with E-state index in [-0.39, 0.29) is 18.4 Å². The second kappa shape index (κ2) is 7.03. The summed E-state index contributed by atoms with van der Waals surface area (Å²) in [6.45, 7) is 3.39. The predicted molar refractivity (Wildman–Crippen MR) is 95.5 cm³/mol. The number of nitrogens with one attached hydrogen (secondary N) is 2. The van der Waals surface area contributed by atoms with Crippen LogP contribution in [0.3, 0.4) is 0 Å². The van der Waals surface area contributed by atoms with Gasteiger partial charge in [-0.25, -0.2) is 0 Å². The van der Waals surface area contributed by atoms with Crippen LogP contribution < -0.4 is 20.1 Å². The van der Waals surface area contributed by atoms with E-state index in [9.17, 15) is 9.59 Å². The molecule has 2 amide bonds. The van der Waals surface area contributed by atoms with Crippen LogP contribution in [0.1, 0.15) is 12.5 Å². The van der Waals surface area contributed by atoms with E-state index in [4.69, 9.17) is 21.1 Å². The summed E-state index contributed by atoms with van der Waals surface area (Å²) < 4.78 is 10.9. The van der Waals surface area contributed by atoms with Gasteiger partial charge in [-0.2, -0.15) is 0 Å². The molecule has 6 nitrogen and oxygen atoms in total. The molecule has 0 fully saturated rings. The maximum absolute atomic E-state index is 12.0. The van der Waals surface area contributed by atoms with Gasteiger partial charge < -0.3 is 20.1 Å². The highest BCUT2D eigenvalue weighted by molar-refractivity contribution is 6.31. The van der Waals surface area contributed by atoms with Crippen molar-refractivity contribution in [3.8, 4) is 11.5 Å². The average molecular weight is 361 g/mol. The molecule has 3 rings (SSSR count). The fourth-order valence-corrected chi connectivity index (χ4v) is 2.46. The van der Waals surface area contributed by atoms with Gasteiger partial charge in [0.05, 0.1) is 5.69 Å². The first-order valence-corrected chi connectivity index (χ1v) is 8.10. The van der Waals surface area contributed by atoms with Crippen LogP contribution in [-0.2, 0) is 9.59 Å². The third kappa shape index (κ3) is 4.03. The van der Waals surface area contributed by atoms with Gasteiger partial charge in [-0.15, -0.1) is 0 Å². The van der Waals surface area contributed by atoms with Gasteiger partial charge in [-0.05, 0) is 55.8 Å². The summed E-state index contributed by atoms with van der Waals surface area (Å²) >= 11 is 5.95. The molecule has 2 N–H and O–H groups in total. The van der Waals surface area contributed by atoms with E-state index in [2.05, 4.69) is 10.6 Å². The van der Waals surface area contributed by atoms with Crippen molar-refractivity contribution in [2.75, 3.05) is 17.2 Å². The molecule has 25 heavy (non-hydrogen) atoms. The SMILES string of the molecule is Cc1cc(OCC(=O)Nc2ccc3c(c2)NC(=O)[C@@H](C)O3)ccc1Cl. The molecule has 0 radical (unpaired) electrons. The zero-order valence-electron chi connectivity index (χ0n) is 13.8. The lowest BCUT2D eigenvalue weighted by molar-refractivity contribution is -0.122. The first-order chi connectivity index (χ1) is 11.9. The largest absolute Gasteiger partial charge is 0.484 e. The fraction of sp³-hybridized carbons (Fsp3) is 0.222. The zero-order chi connectivity index (χ0) is 18.0. The highest BCUT2D eigenvalue weighted by Crippen LogP contribution is 2.32. The van der Waals surface area contributed by atoms with E-state index < -0.39 is 6.10 Å². The Balaban J connectivity index is 1.60. The second-order valence-corrected chi connectivity index (χ2v) is 6.12. The van der Waals surface area contributed by atoms with Crippen molar-refractivity contribution in [1.82, 2.24) is 0 Å². The zero-order valence-corrected chi connectivity index (χ0v) is 14.5. The molecule has 0 saturated heterocycles. The number of carbonyl (C=O) groups excluding carboxylic acids is 2. The molecule has 1 aliphatic heterocycles. The monoisotopic (exact) mass is 360 g/mol. The number of carbonyl (C=O) groups is 2. The summed E-state index contributed by atoms with van der Waals surface area (Å²) in [5, 5.41) is 6.09. The first kappa shape index (κ1) is 17.1. The normalized spacial score (nSPS) is 15.6. The summed E-state index contributed by atoms with van der Waals surface area (Å²) in [5.41, 5.74) is 1.94. The number of amides is 2. The summed E-state index contributed by atoms with van der Waals surface area (Å²) in [6, 6.07) is 10.2. The molecule has 1 atom stereocenters. The fourth-order valence-electron chi connectivity index (χ4n) is 2.34. The number of anilines is 2. The van der Waals surface area contributed by atoms with Crippen molar-refractivity contribution in [2.45, 2.75) is 20.0 Å². The minimum absolute atomic E-state index is 0.141. The molecule has 0 aliphatic carbocycles. The molecular formula is C18H17ClN2O4. The van der Waals surface area contributed by atoms with E-state index in [1.165, 1.54) is 0 Å². The second-order valence-electron chi connectivity index (χ2n) is 5.71. The van der Waals surface area contributed by atoms with Gasteiger partial charge >= 0.3 is 0 Å². The third-order valence-corrected chi connectivity index (χ3v) is 4.12. The number of halogens is 1. The highest BCUT2D eigenvalue weighted by Gasteiger charge is 2.23. The topological polar surface area (TPSA) is 76.7 Å². The van der Waals surface area contributed by atoms with Crippen LogP contribution in [0.2, 0.25) is 5.02 Å². The lowest BCUT2D eigenvalue weighted by atomic mass is 10.2. The maximum Gasteiger partial charge on any atom is 0.265 e. The van der Waals surface area contributed by atoms with Crippen LogP contribution in [0.4, 0.5) is 11.4 Å². The number of aryl methyl sites for hydroxylation is 1. The smallest absolute Gasteiger partial charge is 0.265 e. The van der Waals surface area contributed by atoms with Crippen LogP contribution in [0.5, 0.6) is 11.5 Å². The van der Waals surface area contributed by atoms with Gasteiger partial charge in [0.2, 0.25) is 0 Å². The standard InChI is InChI=1S/C18H17ClN2O4/c1-10-7-13(4-5-14(10)19)24-9-17(22)20-12-3-6-16-15(8-12)21-18(23)11(2)25-16/h3-8,11H,9H2,1-2H3,(H,20,22)(H,21,23)/t11-/m1/s1. The van der Waals surface area contributed by atoms with Crippen LogP contribution in [0.25, 0.3) is 0 Å². The number of benzene rings is 2. The molecule has 1 aliphatic rings. The van der Waals surface area contributed by atoms with E-state index in [1.54, 1.807) is 43.3 Å². The molecule has 0 unspecified atom stereocenters. The molecule has 7 heteroatoms. The van der Waals surface area contributed by atoms with Crippen molar-refractivity contribution in [1.29, 1.82) is 0 Å². The molecule has 2 aromatic rings. The van der Waals surface area contributed by atoms with Gasteiger partial charge in [-0.1, -0.05) is 11.6 Å². The lowest BCUT2D eigenvalue weighted by Gasteiger charge is -2.23. The van der Waals surface area contributed by atoms with Crippen LogP contribution in [-0.4, -0.2) is 24.5 Å². The number of hydrogen-bond acceptors (Lipinski definition) is 4. The Morgan fingerprint density at radius 2 is 2.12 bits per heavy atom. The average Bonchev–Trinajstić information content (AvgIpc) is 2.57. The summed E-state index contributed by atoms with van der Waals surface area (Å²) in [6.07, 6.45) is -0.538. The quantitative estimate of drug-likeness (QED) is 0.876. The highest BCUT2D eigenvalue weighted by atomic mass is 35.5. The van der Waals surface area contributed by atoms with E-state index in [1.807, 2.05) is 6.92 Å². The Morgan fingerprint density at radius 3 is 2.88 bits per heavy atom. The van der Waals surface area contributed by atoms with Gasteiger partial charge in [-0.3, -0.25) is 9.59 Å². The minimum atomic E-state index is -0.538. The molecule has 0 bridgehead atoms. The maximum atomic E-state index is 12.0. The van der Waals surface area contributed by atoms with Crippen LogP contribution >= 0.6 is 11.6 Å². The Kier molecular flexibility index (Phi) is 4.81. The number of fused-ring (bicyclic) bond motifs is 1. The molecule has 0 saturated carbocycles. The summed E-state index contributed by atoms with van der Waals surface area (Å²) in [4.78, 5) is 23.7. The minimum Gasteiger partial charge on any atom is -0.484 e. The lowest BCUT2D eigenvalue weighted by Crippen LogP contribution is -2.34. The molecule has 1 heterocycles. The van der Waals surface area contributed by atoms with Crippen molar-refractivity contribution < 1.29 is 19.1 Å². The summed E-state index contributed by atoms with van der Waals surface area (Å²) in [5.74, 6) is 0.594. The number of rotatable bonds is 4. The molecule has 2 aromatic carbocycles. The van der Waals surface area contributed by atoms with Gasteiger partial charge in [0.25, 0.3) is 11.8 Å². The van der Waals surface area contributed by atoms with E-state index in [0.29, 0.717) is 27.9 Å². The van der Waals surface area contributed by atoms with Crippen molar-refractivity contribution in [3.05, 3.63) is 47.0 Å². The van der Waals surface area contributed by atoms with Crippen LogP contribution in [0, 0.1) is 6.92 Å². The Labute approximate surface area is 150 Å². The van der Waals surface area contributed by atoms with Crippen molar-refractivity contribution in [3.63, 3.8) is 0 Å². The Hall–Kier alpha value is -2.73. The van der Waals surface area contributed by atoms with Crippen molar-refractivity contribution >= 4 is 34.8 Å². The van der Waals surface area contributed by atoms with Crippen LogP contribution in [0.15, 0.2) is 36.4 Å². The predicted octanol–water partition coefficient (Wildman–Crippen LogP) is 3.39. The van der Waals surface area contributed by atoms with E-state index >= 15 is 0 Å². The van der Waals surface area contributed by atoms with Gasteiger partial charge in [0.15, 0.2) is 12.7 Å². The molecule has 130 valence electrons. The van der Waals surface area contributed by atoms with Gasteiger partial charge in [0.1, 0.15) is 11.5 Å². The van der Waals surface area contributed by atoms with E-state index in [0.717, 1.165) is 5.56 Å². The number of hydrogen-bond donors (Lipinski definition) is 2. The number of ether oxygens (including phenoxy) is 2. The first-order valence-electron chi connectivity index (χ1n) is 7.73. The van der Waals surface area contributed by atoms with Gasteiger partial charge in [0, 0.05) is 10.7 Å². The molecular weight excluding hydrogens is 344 g/mol. The third-order valence-electron chi connectivity index (χ3n) is 3.69. The van der Waals surface area contributed by atoms with Crippen molar-refractivity contribution in [2.24, 2.45) is 0 Å². The Morgan fingerprint density at radius 1 is 1.32 bits per heavy atom. The molecule has 0 spiro atoms.